The number of anilines is 2. The van der Waals surface area contributed by atoms with Gasteiger partial charge in [-0.05, 0) is 48.2 Å². The second kappa shape index (κ2) is 6.05. The van der Waals surface area contributed by atoms with Gasteiger partial charge in [-0.1, -0.05) is 0 Å². The number of aliphatic imine (C=N–C) groups is 1. The minimum absolute atomic E-state index is 0.423. The highest BCUT2D eigenvalue weighted by atomic mass is 19.1. The van der Waals surface area contributed by atoms with Crippen LogP contribution in [-0.4, -0.2) is 35.1 Å². The zero-order valence-corrected chi connectivity index (χ0v) is 14.2. The molecule has 26 heavy (non-hydrogen) atoms. The van der Waals surface area contributed by atoms with Crippen LogP contribution in [0.25, 0.3) is 10.8 Å². The summed E-state index contributed by atoms with van der Waals surface area (Å²) in [4.78, 5) is 15.4. The van der Waals surface area contributed by atoms with Crippen LogP contribution in [-0.2, 0) is 6.54 Å². The second-order valence-electron chi connectivity index (χ2n) is 6.69. The summed E-state index contributed by atoms with van der Waals surface area (Å²) in [6.07, 6.45) is 3.40. The molecule has 1 saturated heterocycles. The third kappa shape index (κ3) is 2.58. The fourth-order valence-electron chi connectivity index (χ4n) is 3.66. The van der Waals surface area contributed by atoms with Crippen LogP contribution in [0.15, 0.2) is 53.8 Å². The average Bonchev–Trinajstić information content (AvgIpc) is 3.28. The number of nitrogens with one attached hydrogen (secondary N) is 1. The maximum atomic E-state index is 13.6. The number of benzene rings is 1. The summed E-state index contributed by atoms with van der Waals surface area (Å²) in [5.41, 5.74) is 3.01. The summed E-state index contributed by atoms with van der Waals surface area (Å²) in [6, 6.07) is 12.1. The van der Waals surface area contributed by atoms with Crippen LogP contribution in [0.4, 0.5) is 15.9 Å². The molecule has 5 rings (SSSR count). The number of nitrogens with zero attached hydrogens (tertiary/aromatic N) is 4. The van der Waals surface area contributed by atoms with Gasteiger partial charge in [0.25, 0.3) is 0 Å². The minimum atomic E-state index is -0.762. The van der Waals surface area contributed by atoms with Crippen LogP contribution < -0.4 is 10.2 Å². The Hall–Kier alpha value is -3.02. The Morgan fingerprint density at radius 2 is 2.08 bits per heavy atom. The van der Waals surface area contributed by atoms with E-state index in [1.807, 2.05) is 35.2 Å². The molecule has 0 unspecified atom stereocenters. The summed E-state index contributed by atoms with van der Waals surface area (Å²) in [6.45, 7) is 1.75. The highest BCUT2D eigenvalue weighted by Crippen LogP contribution is 2.30. The molecule has 1 aromatic carbocycles. The van der Waals surface area contributed by atoms with E-state index in [1.165, 1.54) is 0 Å². The number of hydrogen-bond acceptors (Lipinski definition) is 5. The number of pyridine rings is 2. The molecule has 3 aromatic rings. The predicted octanol–water partition coefficient (Wildman–Crippen LogP) is 3.55. The number of hydrogen-bond donors (Lipinski definition) is 1. The molecule has 1 atom stereocenters. The topological polar surface area (TPSA) is 53.4 Å². The smallest absolute Gasteiger partial charge is 0.136 e. The van der Waals surface area contributed by atoms with Crippen LogP contribution in [0.3, 0.4) is 0 Å². The van der Waals surface area contributed by atoms with E-state index in [9.17, 15) is 4.39 Å². The highest BCUT2D eigenvalue weighted by molar-refractivity contribution is 6.11. The Bertz CT molecular complexity index is 1020. The third-order valence-corrected chi connectivity index (χ3v) is 4.97. The van der Waals surface area contributed by atoms with E-state index in [2.05, 4.69) is 26.3 Å². The van der Waals surface area contributed by atoms with Gasteiger partial charge in [-0.25, -0.2) is 9.37 Å². The lowest BCUT2D eigenvalue weighted by molar-refractivity contribution is 0.364. The summed E-state index contributed by atoms with van der Waals surface area (Å²) >= 11 is 0. The normalized spacial score (nSPS) is 18.9. The minimum Gasteiger partial charge on any atom is -0.353 e. The van der Waals surface area contributed by atoms with Crippen molar-refractivity contribution in [3.05, 3.63) is 60.0 Å². The van der Waals surface area contributed by atoms with Gasteiger partial charge in [0.1, 0.15) is 17.8 Å². The van der Waals surface area contributed by atoms with Crippen molar-refractivity contribution < 1.29 is 4.39 Å². The molecule has 2 aliphatic heterocycles. The molecular weight excluding hydrogens is 329 g/mol. The van der Waals surface area contributed by atoms with Crippen LogP contribution in [0.2, 0.25) is 0 Å². The number of fused-ring (bicyclic) bond motifs is 2. The zero-order valence-electron chi connectivity index (χ0n) is 14.2. The molecule has 2 aliphatic rings. The van der Waals surface area contributed by atoms with Crippen molar-refractivity contribution >= 4 is 28.1 Å². The Labute approximate surface area is 150 Å². The molecule has 130 valence electrons. The first-order valence-electron chi connectivity index (χ1n) is 8.81. The van der Waals surface area contributed by atoms with E-state index in [4.69, 9.17) is 0 Å². The van der Waals surface area contributed by atoms with Gasteiger partial charge in [-0.3, -0.25) is 9.98 Å². The molecule has 6 heteroatoms. The Balaban J connectivity index is 1.46. The summed E-state index contributed by atoms with van der Waals surface area (Å²) in [5, 5.41) is 5.52. The first kappa shape index (κ1) is 15.3. The fraction of sp³-hybridized carbons (Fsp3) is 0.250. The van der Waals surface area contributed by atoms with Crippen molar-refractivity contribution in [2.45, 2.75) is 19.1 Å². The van der Waals surface area contributed by atoms with Gasteiger partial charge in [-0.15, -0.1) is 0 Å². The van der Waals surface area contributed by atoms with Crippen LogP contribution in [0.1, 0.15) is 17.7 Å². The fourth-order valence-corrected chi connectivity index (χ4v) is 3.66. The van der Waals surface area contributed by atoms with E-state index < -0.39 is 6.17 Å². The predicted molar refractivity (Wildman–Crippen MR) is 102 cm³/mol. The Morgan fingerprint density at radius 3 is 2.96 bits per heavy atom. The molecule has 0 saturated carbocycles. The second-order valence-corrected chi connectivity index (χ2v) is 6.69. The van der Waals surface area contributed by atoms with E-state index in [0.29, 0.717) is 26.1 Å². The lowest BCUT2D eigenvalue weighted by Crippen LogP contribution is -2.21. The average molecular weight is 347 g/mol. The molecule has 0 amide bonds. The lowest BCUT2D eigenvalue weighted by atomic mass is 10.1. The van der Waals surface area contributed by atoms with Crippen molar-refractivity contribution in [2.75, 3.05) is 23.3 Å². The van der Waals surface area contributed by atoms with Crippen molar-refractivity contribution in [2.24, 2.45) is 4.99 Å². The van der Waals surface area contributed by atoms with Gasteiger partial charge in [-0.2, -0.15) is 0 Å². The first-order chi connectivity index (χ1) is 12.8. The standard InChI is InChI=1S/C20H18FN5/c21-14-6-9-26(12-14)20-16-4-3-15(10-13(16)5-8-23-20)25-19-17-2-1-7-22-18(17)11-24-19/h1-5,7-8,10,14H,6,9,11-12H2,(H,24,25)/t14-/m1/s1. The number of alkyl halides is 1. The van der Waals surface area contributed by atoms with Crippen LogP contribution in [0, 0.1) is 0 Å². The monoisotopic (exact) mass is 347 g/mol. The van der Waals surface area contributed by atoms with Gasteiger partial charge >= 0.3 is 0 Å². The molecule has 0 bridgehead atoms. The summed E-state index contributed by atoms with van der Waals surface area (Å²) in [5.74, 6) is 1.71. The van der Waals surface area contributed by atoms with Crippen molar-refractivity contribution in [1.82, 2.24) is 9.97 Å². The maximum Gasteiger partial charge on any atom is 0.136 e. The van der Waals surface area contributed by atoms with Crippen molar-refractivity contribution in [3.63, 3.8) is 0 Å². The Kier molecular flexibility index (Phi) is 3.55. The van der Waals surface area contributed by atoms with Crippen LogP contribution >= 0.6 is 0 Å². The molecule has 0 aliphatic carbocycles. The van der Waals surface area contributed by atoms with Gasteiger partial charge in [0.15, 0.2) is 0 Å². The van der Waals surface area contributed by atoms with Crippen molar-refractivity contribution in [3.8, 4) is 0 Å². The molecule has 0 spiro atoms. The SMILES string of the molecule is F[C@@H]1CCN(c2nccc3cc(NC4=NCc5ncccc54)ccc23)C1. The Morgan fingerprint density at radius 1 is 1.12 bits per heavy atom. The van der Waals surface area contributed by atoms with Gasteiger partial charge in [0.2, 0.25) is 0 Å². The van der Waals surface area contributed by atoms with E-state index in [-0.39, 0.29) is 0 Å². The maximum absolute atomic E-state index is 13.6. The first-order valence-corrected chi connectivity index (χ1v) is 8.81. The zero-order chi connectivity index (χ0) is 17.5. The van der Waals surface area contributed by atoms with E-state index in [1.54, 1.807) is 12.4 Å². The quantitative estimate of drug-likeness (QED) is 0.770. The lowest BCUT2D eigenvalue weighted by Gasteiger charge is -2.18. The molecule has 1 N–H and O–H groups in total. The van der Waals surface area contributed by atoms with E-state index in [0.717, 1.165) is 39.4 Å². The van der Waals surface area contributed by atoms with E-state index >= 15 is 0 Å². The van der Waals surface area contributed by atoms with Gasteiger partial charge < -0.3 is 10.2 Å². The molecule has 4 heterocycles. The molecule has 1 fully saturated rings. The molecule has 0 radical (unpaired) electrons. The van der Waals surface area contributed by atoms with Crippen molar-refractivity contribution in [1.29, 1.82) is 0 Å². The number of amidine groups is 1. The van der Waals surface area contributed by atoms with Crippen LogP contribution in [0.5, 0.6) is 0 Å². The highest BCUT2D eigenvalue weighted by Gasteiger charge is 2.24. The van der Waals surface area contributed by atoms with Gasteiger partial charge in [0.05, 0.1) is 18.8 Å². The van der Waals surface area contributed by atoms with Gasteiger partial charge in [0, 0.05) is 35.6 Å². The molecular formula is C20H18FN5. The number of rotatable bonds is 2. The molecule has 2 aromatic heterocycles. The summed E-state index contributed by atoms with van der Waals surface area (Å²) < 4.78 is 13.6. The third-order valence-electron chi connectivity index (χ3n) is 4.97. The summed E-state index contributed by atoms with van der Waals surface area (Å²) in [7, 11) is 0. The molecule has 5 nitrogen and oxygen atoms in total. The largest absolute Gasteiger partial charge is 0.353 e. The number of halogens is 1. The number of aromatic nitrogens is 2.